The van der Waals surface area contributed by atoms with Gasteiger partial charge in [0.25, 0.3) is 0 Å². The van der Waals surface area contributed by atoms with E-state index in [4.69, 9.17) is 5.26 Å². The van der Waals surface area contributed by atoms with Crippen molar-refractivity contribution in [3.05, 3.63) is 52.8 Å². The highest BCUT2D eigenvalue weighted by Crippen LogP contribution is 2.06. The fourth-order valence-corrected chi connectivity index (χ4v) is 2.26. The predicted octanol–water partition coefficient (Wildman–Crippen LogP) is 2.55. The van der Waals surface area contributed by atoms with Crippen LogP contribution in [0.5, 0.6) is 0 Å². The Morgan fingerprint density at radius 2 is 2.10 bits per heavy atom. The number of hydrogen-bond donors (Lipinski definition) is 1. The van der Waals surface area contributed by atoms with Crippen molar-refractivity contribution in [1.82, 2.24) is 15.1 Å². The minimum Gasteiger partial charge on any atom is -0.313 e. The largest absolute Gasteiger partial charge is 0.313 e. The molecule has 1 aromatic carbocycles. The summed E-state index contributed by atoms with van der Waals surface area (Å²) in [7, 11) is 0. The van der Waals surface area contributed by atoms with E-state index >= 15 is 0 Å². The maximum atomic E-state index is 9.01. The van der Waals surface area contributed by atoms with Crippen LogP contribution in [0.15, 0.2) is 30.3 Å². The van der Waals surface area contributed by atoms with Gasteiger partial charge >= 0.3 is 0 Å². The molecular formula is C16H20N4. The number of aromatic nitrogens is 2. The molecule has 1 N–H and O–H groups in total. The van der Waals surface area contributed by atoms with Crippen molar-refractivity contribution in [3.63, 3.8) is 0 Å². The number of nitrogens with one attached hydrogen (secondary N) is 1. The number of hydrogen-bond acceptors (Lipinski definition) is 3. The van der Waals surface area contributed by atoms with Crippen molar-refractivity contribution in [2.75, 3.05) is 6.54 Å². The lowest BCUT2D eigenvalue weighted by Gasteiger charge is -2.07. The molecule has 0 radical (unpaired) electrons. The highest BCUT2D eigenvalue weighted by Gasteiger charge is 2.01. The van der Waals surface area contributed by atoms with Crippen LogP contribution < -0.4 is 5.32 Å². The molecule has 2 rings (SSSR count). The van der Waals surface area contributed by atoms with E-state index < -0.39 is 0 Å². The summed E-state index contributed by atoms with van der Waals surface area (Å²) in [5.41, 5.74) is 4.08. The number of nitriles is 1. The van der Waals surface area contributed by atoms with E-state index in [0.29, 0.717) is 0 Å². The zero-order chi connectivity index (χ0) is 14.4. The van der Waals surface area contributed by atoms with Crippen LogP contribution >= 0.6 is 0 Å². The van der Waals surface area contributed by atoms with Crippen LogP contribution in [0.3, 0.4) is 0 Å². The van der Waals surface area contributed by atoms with Gasteiger partial charge in [-0.15, -0.1) is 0 Å². The summed E-state index contributed by atoms with van der Waals surface area (Å²) in [4.78, 5) is 0. The molecule has 0 atom stereocenters. The van der Waals surface area contributed by atoms with E-state index in [1.54, 1.807) is 0 Å². The van der Waals surface area contributed by atoms with Crippen molar-refractivity contribution >= 4 is 0 Å². The van der Waals surface area contributed by atoms with E-state index in [-0.39, 0.29) is 0 Å². The fourth-order valence-electron chi connectivity index (χ4n) is 2.26. The molecule has 4 nitrogen and oxygen atoms in total. The molecule has 0 spiro atoms. The molecule has 0 saturated carbocycles. The van der Waals surface area contributed by atoms with Gasteiger partial charge in [0.2, 0.25) is 0 Å². The van der Waals surface area contributed by atoms with Crippen LogP contribution in [-0.2, 0) is 13.1 Å². The molecule has 0 bridgehead atoms. The first-order valence-electron chi connectivity index (χ1n) is 6.90. The Balaban J connectivity index is 1.74. The maximum Gasteiger partial charge on any atom is 0.0995 e. The Morgan fingerprint density at radius 1 is 1.30 bits per heavy atom. The van der Waals surface area contributed by atoms with Crippen molar-refractivity contribution in [1.29, 1.82) is 5.26 Å². The van der Waals surface area contributed by atoms with Crippen LogP contribution in [0.4, 0.5) is 0 Å². The Bertz CT molecular complexity index is 607. The van der Waals surface area contributed by atoms with Gasteiger partial charge in [-0.2, -0.15) is 10.4 Å². The normalized spacial score (nSPS) is 10.4. The lowest BCUT2D eigenvalue weighted by Crippen LogP contribution is -2.17. The fraction of sp³-hybridized carbons (Fsp3) is 0.375. The second-order valence-electron chi connectivity index (χ2n) is 4.95. The first-order chi connectivity index (χ1) is 9.70. The average Bonchev–Trinajstić information content (AvgIpc) is 2.77. The molecule has 2 aromatic rings. The lowest BCUT2D eigenvalue weighted by molar-refractivity contribution is 0.532. The molecule has 0 aliphatic carbocycles. The van der Waals surface area contributed by atoms with E-state index in [1.807, 2.05) is 35.9 Å². The van der Waals surface area contributed by atoms with Crippen LogP contribution in [0.1, 0.15) is 28.9 Å². The molecule has 20 heavy (non-hydrogen) atoms. The Kier molecular flexibility index (Phi) is 4.91. The zero-order valence-electron chi connectivity index (χ0n) is 12.1. The van der Waals surface area contributed by atoms with Gasteiger partial charge in [-0.1, -0.05) is 18.2 Å². The molecule has 0 amide bonds. The van der Waals surface area contributed by atoms with Gasteiger partial charge in [0.1, 0.15) is 0 Å². The van der Waals surface area contributed by atoms with E-state index in [9.17, 15) is 0 Å². The molecule has 0 fully saturated rings. The Labute approximate surface area is 120 Å². The lowest BCUT2D eigenvalue weighted by atomic mass is 10.1. The monoisotopic (exact) mass is 268 g/mol. The number of nitrogens with zero attached hydrogens (tertiary/aromatic N) is 3. The molecular weight excluding hydrogens is 248 g/mol. The number of benzene rings is 1. The smallest absolute Gasteiger partial charge is 0.0995 e. The summed E-state index contributed by atoms with van der Waals surface area (Å²) in [6, 6.07) is 12.0. The third-order valence-corrected chi connectivity index (χ3v) is 3.28. The van der Waals surface area contributed by atoms with Gasteiger partial charge in [0.15, 0.2) is 0 Å². The van der Waals surface area contributed by atoms with Gasteiger partial charge in [0.05, 0.1) is 17.3 Å². The molecule has 0 aliphatic rings. The second-order valence-corrected chi connectivity index (χ2v) is 4.95. The highest BCUT2D eigenvalue weighted by atomic mass is 15.3. The SMILES string of the molecule is Cc1cc(C)n(CCCNCc2ccccc2C#N)n1. The van der Waals surface area contributed by atoms with Crippen LogP contribution in [-0.4, -0.2) is 16.3 Å². The summed E-state index contributed by atoms with van der Waals surface area (Å²) in [6.45, 7) is 6.67. The minimum atomic E-state index is 0.737. The third-order valence-electron chi connectivity index (χ3n) is 3.28. The number of aryl methyl sites for hydroxylation is 3. The van der Waals surface area contributed by atoms with Crippen molar-refractivity contribution in [3.8, 4) is 6.07 Å². The van der Waals surface area contributed by atoms with Crippen molar-refractivity contribution in [2.24, 2.45) is 0 Å². The average molecular weight is 268 g/mol. The minimum absolute atomic E-state index is 0.737. The third kappa shape index (κ3) is 3.69. The summed E-state index contributed by atoms with van der Waals surface area (Å²) < 4.78 is 2.04. The van der Waals surface area contributed by atoms with E-state index in [2.05, 4.69) is 29.5 Å². The van der Waals surface area contributed by atoms with Gasteiger partial charge in [0, 0.05) is 18.8 Å². The van der Waals surface area contributed by atoms with Gasteiger partial charge in [-0.3, -0.25) is 4.68 Å². The van der Waals surface area contributed by atoms with Gasteiger partial charge < -0.3 is 5.32 Å². The topological polar surface area (TPSA) is 53.6 Å². The molecule has 1 heterocycles. The molecule has 4 heteroatoms. The quantitative estimate of drug-likeness (QED) is 0.819. The van der Waals surface area contributed by atoms with E-state index in [0.717, 1.165) is 42.9 Å². The molecule has 0 saturated heterocycles. The Morgan fingerprint density at radius 3 is 2.80 bits per heavy atom. The van der Waals surface area contributed by atoms with Crippen LogP contribution in [0, 0.1) is 25.2 Å². The highest BCUT2D eigenvalue weighted by molar-refractivity contribution is 5.37. The molecule has 0 unspecified atom stereocenters. The van der Waals surface area contributed by atoms with Crippen LogP contribution in [0.2, 0.25) is 0 Å². The van der Waals surface area contributed by atoms with E-state index in [1.165, 1.54) is 5.69 Å². The van der Waals surface area contributed by atoms with Gasteiger partial charge in [-0.25, -0.2) is 0 Å². The summed E-state index contributed by atoms with van der Waals surface area (Å²) in [6.07, 6.45) is 1.02. The first kappa shape index (κ1) is 14.3. The Hall–Kier alpha value is -2.12. The second kappa shape index (κ2) is 6.88. The van der Waals surface area contributed by atoms with Gasteiger partial charge in [-0.05, 0) is 44.5 Å². The first-order valence-corrected chi connectivity index (χ1v) is 6.90. The predicted molar refractivity (Wildman–Crippen MR) is 79.2 cm³/mol. The van der Waals surface area contributed by atoms with Crippen molar-refractivity contribution in [2.45, 2.75) is 33.4 Å². The maximum absolute atomic E-state index is 9.01. The standard InChI is InChI=1S/C16H20N4/c1-13-10-14(2)20(19-13)9-5-8-18-12-16-7-4-3-6-15(16)11-17/h3-4,6-7,10,18H,5,8-9,12H2,1-2H3. The van der Waals surface area contributed by atoms with Crippen molar-refractivity contribution < 1.29 is 0 Å². The summed E-state index contributed by atoms with van der Waals surface area (Å²) in [5.74, 6) is 0. The summed E-state index contributed by atoms with van der Waals surface area (Å²) >= 11 is 0. The number of rotatable bonds is 6. The van der Waals surface area contributed by atoms with Crippen LogP contribution in [0.25, 0.3) is 0 Å². The molecule has 0 aliphatic heterocycles. The molecule has 1 aromatic heterocycles. The summed E-state index contributed by atoms with van der Waals surface area (Å²) in [5, 5.41) is 16.8. The molecule has 104 valence electrons. The zero-order valence-corrected chi connectivity index (χ0v) is 12.1.